The smallest absolute Gasteiger partial charge is 0.343 e. The molecule has 0 aliphatic heterocycles. The Morgan fingerprint density at radius 3 is 1.53 bits per heavy atom. The molecule has 0 bridgehead atoms. The van der Waals surface area contributed by atoms with Gasteiger partial charge in [-0.25, -0.2) is 27.6 Å². The Hall–Kier alpha value is -6.47. The lowest BCUT2D eigenvalue weighted by atomic mass is 10.1. The van der Waals surface area contributed by atoms with Gasteiger partial charge in [-0.15, -0.1) is 0 Å². The van der Waals surface area contributed by atoms with Crippen LogP contribution in [0.3, 0.4) is 0 Å². The van der Waals surface area contributed by atoms with Gasteiger partial charge >= 0.3 is 23.9 Å². The van der Waals surface area contributed by atoms with E-state index in [1.54, 1.807) is 60.7 Å². The van der Waals surface area contributed by atoms with Gasteiger partial charge < -0.3 is 28.4 Å². The predicted molar refractivity (Wildman–Crippen MR) is 186 cm³/mol. The summed E-state index contributed by atoms with van der Waals surface area (Å²) < 4.78 is 57.6. The largest absolute Gasteiger partial charge is 0.457 e. The van der Waals surface area contributed by atoms with Gasteiger partial charge in [-0.3, -0.25) is 0 Å². The van der Waals surface area contributed by atoms with Crippen molar-refractivity contribution >= 4 is 55.3 Å². The fraction of sp³-hybridized carbons (Fsp3) is 0.105. The molecule has 0 amide bonds. The molecule has 51 heavy (non-hydrogen) atoms. The normalized spacial score (nSPS) is 10.9. The Morgan fingerprint density at radius 1 is 0.588 bits per heavy atom. The summed E-state index contributed by atoms with van der Waals surface area (Å²) in [6, 6.07) is 23.3. The third-order valence-corrected chi connectivity index (χ3v) is 9.07. The summed E-state index contributed by atoms with van der Waals surface area (Å²) in [5.74, 6) is -2.56. The van der Waals surface area contributed by atoms with Gasteiger partial charge in [-0.2, -0.15) is 0 Å². The zero-order valence-corrected chi connectivity index (χ0v) is 28.0. The van der Waals surface area contributed by atoms with E-state index in [1.165, 1.54) is 31.2 Å². The van der Waals surface area contributed by atoms with Crippen LogP contribution in [0.2, 0.25) is 0 Å². The first kappa shape index (κ1) is 35.8. The summed E-state index contributed by atoms with van der Waals surface area (Å²) in [6.45, 7) is 7.46. The first-order chi connectivity index (χ1) is 24.5. The molecule has 5 rings (SSSR count). The molecule has 0 aromatic heterocycles. The quantitative estimate of drug-likeness (QED) is 0.0545. The van der Waals surface area contributed by atoms with Crippen LogP contribution in [0, 0.1) is 0 Å². The van der Waals surface area contributed by atoms with Crippen LogP contribution in [0.4, 0.5) is 0 Å². The molecule has 0 atom stereocenters. The first-order valence-electron chi connectivity index (χ1n) is 15.2. The molecular formula is C38H30O12S. The second-order valence-electron chi connectivity index (χ2n) is 10.6. The number of esters is 4. The van der Waals surface area contributed by atoms with E-state index in [1.807, 2.05) is 0 Å². The molecule has 12 nitrogen and oxygen atoms in total. The molecule has 0 unspecified atom stereocenters. The van der Waals surface area contributed by atoms with Gasteiger partial charge in [-0.05, 0) is 82.2 Å². The molecule has 0 heterocycles. The minimum absolute atomic E-state index is 0.0762. The maximum atomic E-state index is 13.2. The van der Waals surface area contributed by atoms with Gasteiger partial charge in [0.1, 0.15) is 27.9 Å². The van der Waals surface area contributed by atoms with Crippen LogP contribution in [0.5, 0.6) is 23.0 Å². The van der Waals surface area contributed by atoms with E-state index < -0.39 is 33.7 Å². The van der Waals surface area contributed by atoms with Crippen molar-refractivity contribution in [3.63, 3.8) is 0 Å². The monoisotopic (exact) mass is 710 g/mol. The third kappa shape index (κ3) is 8.96. The van der Waals surface area contributed by atoms with Crippen LogP contribution in [0.1, 0.15) is 27.6 Å². The molecule has 0 aliphatic rings. The van der Waals surface area contributed by atoms with Crippen molar-refractivity contribution in [2.45, 2.75) is 11.8 Å². The minimum atomic E-state index is -3.94. The van der Waals surface area contributed by atoms with Crippen molar-refractivity contribution in [1.82, 2.24) is 0 Å². The van der Waals surface area contributed by atoms with E-state index in [0.717, 1.165) is 23.6 Å². The maximum Gasteiger partial charge on any atom is 0.343 e. The summed E-state index contributed by atoms with van der Waals surface area (Å²) in [4.78, 5) is 48.3. The van der Waals surface area contributed by atoms with Crippen molar-refractivity contribution in [2.75, 3.05) is 19.3 Å². The number of carbonyl (C=O) groups is 4. The van der Waals surface area contributed by atoms with Crippen molar-refractivity contribution in [2.24, 2.45) is 0 Å². The number of rotatable bonds is 14. The highest BCUT2D eigenvalue weighted by Gasteiger charge is 2.23. The van der Waals surface area contributed by atoms with Crippen molar-refractivity contribution in [3.8, 4) is 23.0 Å². The summed E-state index contributed by atoms with van der Waals surface area (Å²) in [5.41, 5.74) is 0.343. The molecular weight excluding hydrogens is 680 g/mol. The maximum absolute atomic E-state index is 13.2. The topological polar surface area (TPSA) is 158 Å². The SMILES string of the molecule is C=CC(=O)OCOc1ccc2cc(C(=O)Oc3ccc(OC(=O)c4ccc5cc(OCOC(=O)C=C)ccc5c4)c(S(=O)(=O)CC)c3)ccc2c1. The van der Waals surface area contributed by atoms with Gasteiger partial charge in [0.15, 0.2) is 9.84 Å². The van der Waals surface area contributed by atoms with Gasteiger partial charge in [0.05, 0.1) is 16.9 Å². The third-order valence-electron chi connectivity index (χ3n) is 7.33. The molecule has 0 radical (unpaired) electrons. The molecule has 13 heteroatoms. The highest BCUT2D eigenvalue weighted by atomic mass is 32.2. The van der Waals surface area contributed by atoms with Gasteiger partial charge in [-0.1, -0.05) is 44.3 Å². The number of fused-ring (bicyclic) bond motifs is 2. The second kappa shape index (κ2) is 15.8. The minimum Gasteiger partial charge on any atom is -0.457 e. The fourth-order valence-electron chi connectivity index (χ4n) is 4.67. The second-order valence-corrected chi connectivity index (χ2v) is 12.8. The van der Waals surface area contributed by atoms with Crippen molar-refractivity contribution in [3.05, 3.63) is 127 Å². The fourth-order valence-corrected chi connectivity index (χ4v) is 5.69. The summed E-state index contributed by atoms with van der Waals surface area (Å²) >= 11 is 0. The van der Waals surface area contributed by atoms with Crippen LogP contribution in [0.15, 0.2) is 121 Å². The molecule has 0 saturated carbocycles. The van der Waals surface area contributed by atoms with Crippen molar-refractivity contribution < 1.29 is 56.0 Å². The Kier molecular flexibility index (Phi) is 11.1. The van der Waals surface area contributed by atoms with Gasteiger partial charge in [0.25, 0.3) is 0 Å². The summed E-state index contributed by atoms with van der Waals surface area (Å²) in [7, 11) is -3.94. The first-order valence-corrected chi connectivity index (χ1v) is 16.9. The van der Waals surface area contributed by atoms with Crippen LogP contribution in [-0.2, 0) is 28.9 Å². The van der Waals surface area contributed by atoms with Crippen LogP contribution in [-0.4, -0.2) is 51.6 Å². The average molecular weight is 711 g/mol. The van der Waals surface area contributed by atoms with E-state index in [4.69, 9.17) is 28.4 Å². The summed E-state index contributed by atoms with van der Waals surface area (Å²) in [5, 5.41) is 2.80. The predicted octanol–water partition coefficient (Wildman–Crippen LogP) is 6.36. The molecule has 0 aliphatic carbocycles. The number of sulfone groups is 1. The van der Waals surface area contributed by atoms with Crippen LogP contribution < -0.4 is 18.9 Å². The zero-order chi connectivity index (χ0) is 36.5. The summed E-state index contributed by atoms with van der Waals surface area (Å²) in [6.07, 6.45) is 2.04. The highest BCUT2D eigenvalue weighted by molar-refractivity contribution is 7.91. The lowest BCUT2D eigenvalue weighted by Crippen LogP contribution is -2.14. The lowest BCUT2D eigenvalue weighted by Gasteiger charge is -2.13. The number of benzene rings is 5. The van der Waals surface area contributed by atoms with E-state index in [2.05, 4.69) is 13.2 Å². The number of hydrogen-bond acceptors (Lipinski definition) is 12. The lowest BCUT2D eigenvalue weighted by molar-refractivity contribution is -0.145. The van der Waals surface area contributed by atoms with E-state index >= 15 is 0 Å². The Morgan fingerprint density at radius 2 is 1.04 bits per heavy atom. The molecule has 0 N–H and O–H groups in total. The molecule has 0 spiro atoms. The molecule has 0 fully saturated rings. The molecule has 0 saturated heterocycles. The zero-order valence-electron chi connectivity index (χ0n) is 27.2. The number of hydrogen-bond donors (Lipinski definition) is 0. The van der Waals surface area contributed by atoms with E-state index in [-0.39, 0.29) is 46.9 Å². The Balaban J connectivity index is 1.29. The van der Waals surface area contributed by atoms with E-state index in [9.17, 15) is 27.6 Å². The number of ether oxygens (including phenoxy) is 6. The Bertz CT molecular complexity index is 2290. The Labute approximate surface area is 292 Å². The molecule has 5 aromatic rings. The standard InChI is InChI=1S/C38H30O12S/c1-4-35(39)47-22-45-30-13-11-24-17-28(9-7-26(24)19-30)37(41)49-32-15-16-33(34(21-32)51(43,44)6-3)50-38(42)29-10-8-27-20-31(14-12-25(27)18-29)46-23-48-36(40)5-2/h4-5,7-21H,1-2,6,22-23H2,3H3. The van der Waals surface area contributed by atoms with Gasteiger partial charge in [0, 0.05) is 18.2 Å². The molecule has 260 valence electrons. The number of carbonyl (C=O) groups excluding carboxylic acids is 4. The van der Waals surface area contributed by atoms with Crippen LogP contribution in [0.25, 0.3) is 21.5 Å². The highest BCUT2D eigenvalue weighted by Crippen LogP contribution is 2.32. The van der Waals surface area contributed by atoms with Crippen LogP contribution >= 0.6 is 0 Å². The van der Waals surface area contributed by atoms with Gasteiger partial charge in [0.2, 0.25) is 13.6 Å². The molecule has 5 aromatic carbocycles. The van der Waals surface area contributed by atoms with E-state index in [0.29, 0.717) is 27.7 Å². The average Bonchev–Trinajstić information content (AvgIpc) is 3.14. The van der Waals surface area contributed by atoms with Crippen molar-refractivity contribution in [1.29, 1.82) is 0 Å².